The molecule has 0 spiro atoms. The van der Waals surface area contributed by atoms with Gasteiger partial charge >= 0.3 is 5.97 Å². The van der Waals surface area contributed by atoms with Gasteiger partial charge in [0.1, 0.15) is 5.75 Å². The van der Waals surface area contributed by atoms with E-state index in [4.69, 9.17) is 9.47 Å². The van der Waals surface area contributed by atoms with Crippen LogP contribution in [0.1, 0.15) is 37.7 Å². The molecule has 21 heavy (non-hydrogen) atoms. The summed E-state index contributed by atoms with van der Waals surface area (Å²) in [6, 6.07) is 8.34. The van der Waals surface area contributed by atoms with Crippen molar-refractivity contribution in [2.45, 2.75) is 32.1 Å². The molecule has 0 bridgehead atoms. The second-order valence-electron chi connectivity index (χ2n) is 5.47. The zero-order valence-electron chi connectivity index (χ0n) is 13.0. The third kappa shape index (κ3) is 4.74. The fourth-order valence-electron chi connectivity index (χ4n) is 2.89. The molecule has 0 aliphatic carbocycles. The number of rotatable bonds is 6. The lowest BCUT2D eigenvalue weighted by Gasteiger charge is -2.32. The summed E-state index contributed by atoms with van der Waals surface area (Å²) in [6.07, 6.45) is 2.88. The normalized spacial score (nSPS) is 19.2. The van der Waals surface area contributed by atoms with Crippen molar-refractivity contribution in [2.75, 3.05) is 33.4 Å². The third-order valence-corrected chi connectivity index (χ3v) is 4.03. The van der Waals surface area contributed by atoms with Crippen LogP contribution in [0, 0.1) is 0 Å². The van der Waals surface area contributed by atoms with Crippen LogP contribution in [0.3, 0.4) is 0 Å². The van der Waals surface area contributed by atoms with E-state index in [2.05, 4.69) is 17.0 Å². The largest absolute Gasteiger partial charge is 0.497 e. The second-order valence-corrected chi connectivity index (χ2v) is 5.47. The highest BCUT2D eigenvalue weighted by Crippen LogP contribution is 2.28. The van der Waals surface area contributed by atoms with Crippen molar-refractivity contribution in [3.63, 3.8) is 0 Å². The van der Waals surface area contributed by atoms with Gasteiger partial charge in [0.25, 0.3) is 0 Å². The summed E-state index contributed by atoms with van der Waals surface area (Å²) >= 11 is 0. The van der Waals surface area contributed by atoms with Crippen molar-refractivity contribution < 1.29 is 14.3 Å². The van der Waals surface area contributed by atoms with Crippen LogP contribution in [0.5, 0.6) is 5.75 Å². The second kappa shape index (κ2) is 8.03. The van der Waals surface area contributed by atoms with Crippen molar-refractivity contribution in [3.05, 3.63) is 29.8 Å². The van der Waals surface area contributed by atoms with Gasteiger partial charge in [-0.2, -0.15) is 0 Å². The number of methoxy groups -OCH3 is 1. The molecule has 1 unspecified atom stereocenters. The summed E-state index contributed by atoms with van der Waals surface area (Å²) in [5.74, 6) is 1.35. The van der Waals surface area contributed by atoms with Gasteiger partial charge in [0.2, 0.25) is 0 Å². The summed E-state index contributed by atoms with van der Waals surface area (Å²) in [6.45, 7) is 5.20. The highest BCUT2D eigenvalue weighted by Gasteiger charge is 2.21. The van der Waals surface area contributed by atoms with Crippen LogP contribution in [0.4, 0.5) is 0 Å². The maximum atomic E-state index is 11.4. The average molecular weight is 291 g/mol. The molecule has 116 valence electrons. The summed E-state index contributed by atoms with van der Waals surface area (Å²) < 4.78 is 10.2. The molecule has 0 radical (unpaired) electrons. The van der Waals surface area contributed by atoms with Crippen LogP contribution in [0.25, 0.3) is 0 Å². The van der Waals surface area contributed by atoms with Crippen molar-refractivity contribution in [3.8, 4) is 5.75 Å². The van der Waals surface area contributed by atoms with E-state index in [9.17, 15) is 4.79 Å². The first kappa shape index (κ1) is 15.8. The Morgan fingerprint density at radius 1 is 1.33 bits per heavy atom. The quantitative estimate of drug-likeness (QED) is 0.756. The minimum atomic E-state index is -0.0935. The first-order chi connectivity index (χ1) is 10.2. The zero-order valence-corrected chi connectivity index (χ0v) is 13.0. The number of nitrogens with zero attached hydrogens (tertiary/aromatic N) is 1. The molecule has 1 aromatic rings. The number of piperidine rings is 1. The number of likely N-dealkylation sites (tertiary alicyclic amines) is 1. The van der Waals surface area contributed by atoms with E-state index in [-0.39, 0.29) is 5.97 Å². The molecule has 1 atom stereocenters. The van der Waals surface area contributed by atoms with Crippen LogP contribution < -0.4 is 4.74 Å². The molecule has 2 rings (SSSR count). The van der Waals surface area contributed by atoms with Gasteiger partial charge in [0.05, 0.1) is 20.1 Å². The van der Waals surface area contributed by atoms with E-state index < -0.39 is 0 Å². The Morgan fingerprint density at radius 3 is 2.76 bits per heavy atom. The molecule has 1 fully saturated rings. The Balaban J connectivity index is 1.86. The number of esters is 1. The van der Waals surface area contributed by atoms with E-state index in [0.29, 0.717) is 18.9 Å². The minimum Gasteiger partial charge on any atom is -0.497 e. The van der Waals surface area contributed by atoms with Crippen LogP contribution in [0.15, 0.2) is 24.3 Å². The fourth-order valence-corrected chi connectivity index (χ4v) is 2.89. The van der Waals surface area contributed by atoms with Gasteiger partial charge in [-0.1, -0.05) is 12.1 Å². The standard InChI is InChI=1S/C17H25NO3/c1-3-21-17(19)10-12-18-11-4-5-15(13-18)14-6-8-16(20-2)9-7-14/h6-9,15H,3-5,10-13H2,1-2H3. The number of ether oxygens (including phenoxy) is 2. The monoisotopic (exact) mass is 291 g/mol. The summed E-state index contributed by atoms with van der Waals surface area (Å²) in [4.78, 5) is 13.8. The van der Waals surface area contributed by atoms with Crippen molar-refractivity contribution >= 4 is 5.97 Å². The van der Waals surface area contributed by atoms with Gasteiger partial charge in [-0.05, 0) is 49.9 Å². The van der Waals surface area contributed by atoms with Gasteiger partial charge < -0.3 is 14.4 Å². The van der Waals surface area contributed by atoms with E-state index in [1.165, 1.54) is 18.4 Å². The van der Waals surface area contributed by atoms with E-state index in [1.807, 2.05) is 19.1 Å². The predicted octanol–water partition coefficient (Wildman–Crippen LogP) is 2.83. The Hall–Kier alpha value is -1.55. The van der Waals surface area contributed by atoms with Crippen molar-refractivity contribution in [1.82, 2.24) is 4.90 Å². The molecule has 4 nitrogen and oxygen atoms in total. The molecular weight excluding hydrogens is 266 g/mol. The highest BCUT2D eigenvalue weighted by molar-refractivity contribution is 5.69. The van der Waals surface area contributed by atoms with Gasteiger partial charge in [-0.3, -0.25) is 4.79 Å². The smallest absolute Gasteiger partial charge is 0.307 e. The Bertz CT molecular complexity index is 444. The Morgan fingerprint density at radius 2 is 2.10 bits per heavy atom. The molecule has 4 heteroatoms. The van der Waals surface area contributed by atoms with E-state index >= 15 is 0 Å². The molecule has 0 amide bonds. The Kier molecular flexibility index (Phi) is 6.05. The molecule has 1 saturated heterocycles. The molecule has 0 aromatic heterocycles. The van der Waals surface area contributed by atoms with Crippen LogP contribution in [-0.4, -0.2) is 44.2 Å². The Labute approximate surface area is 127 Å². The molecule has 0 N–H and O–H groups in total. The number of benzene rings is 1. The topological polar surface area (TPSA) is 38.8 Å². The van der Waals surface area contributed by atoms with E-state index in [1.54, 1.807) is 7.11 Å². The van der Waals surface area contributed by atoms with Gasteiger partial charge in [0.15, 0.2) is 0 Å². The zero-order chi connectivity index (χ0) is 15.1. The third-order valence-electron chi connectivity index (χ3n) is 4.03. The number of hydrogen-bond acceptors (Lipinski definition) is 4. The van der Waals surface area contributed by atoms with Gasteiger partial charge in [0, 0.05) is 13.1 Å². The van der Waals surface area contributed by atoms with Crippen molar-refractivity contribution in [2.24, 2.45) is 0 Å². The van der Waals surface area contributed by atoms with Gasteiger partial charge in [-0.25, -0.2) is 0 Å². The summed E-state index contributed by atoms with van der Waals surface area (Å²) in [7, 11) is 1.69. The maximum Gasteiger partial charge on any atom is 0.307 e. The number of carbonyl (C=O) groups is 1. The average Bonchev–Trinajstić information content (AvgIpc) is 2.54. The summed E-state index contributed by atoms with van der Waals surface area (Å²) in [5.41, 5.74) is 1.36. The lowest BCUT2D eigenvalue weighted by molar-refractivity contribution is -0.143. The number of hydrogen-bond donors (Lipinski definition) is 0. The maximum absolute atomic E-state index is 11.4. The highest BCUT2D eigenvalue weighted by atomic mass is 16.5. The van der Waals surface area contributed by atoms with Crippen LogP contribution >= 0.6 is 0 Å². The fraction of sp³-hybridized carbons (Fsp3) is 0.588. The van der Waals surface area contributed by atoms with Crippen LogP contribution in [0.2, 0.25) is 0 Å². The lowest BCUT2D eigenvalue weighted by Crippen LogP contribution is -2.36. The minimum absolute atomic E-state index is 0.0935. The van der Waals surface area contributed by atoms with Crippen LogP contribution in [-0.2, 0) is 9.53 Å². The van der Waals surface area contributed by atoms with E-state index in [0.717, 1.165) is 25.4 Å². The molecular formula is C17H25NO3. The number of carbonyl (C=O) groups excluding carboxylic acids is 1. The molecule has 0 saturated carbocycles. The SMILES string of the molecule is CCOC(=O)CCN1CCCC(c2ccc(OC)cc2)C1. The first-order valence-electron chi connectivity index (χ1n) is 7.75. The van der Waals surface area contributed by atoms with Gasteiger partial charge in [-0.15, -0.1) is 0 Å². The predicted molar refractivity (Wildman–Crippen MR) is 82.7 cm³/mol. The lowest BCUT2D eigenvalue weighted by atomic mass is 9.90. The molecule has 1 aromatic carbocycles. The molecule has 1 aliphatic rings. The van der Waals surface area contributed by atoms with Crippen molar-refractivity contribution in [1.29, 1.82) is 0 Å². The summed E-state index contributed by atoms with van der Waals surface area (Å²) in [5, 5.41) is 0. The molecule has 1 heterocycles. The first-order valence-corrected chi connectivity index (χ1v) is 7.75. The molecule has 1 aliphatic heterocycles.